The van der Waals surface area contributed by atoms with Crippen LogP contribution in [0.4, 0.5) is 11.4 Å². The van der Waals surface area contributed by atoms with Crippen molar-refractivity contribution in [1.29, 1.82) is 0 Å². The number of anilines is 1. The fraction of sp³-hybridized carbons (Fsp3) is 0.500. The highest BCUT2D eigenvalue weighted by atomic mass is 16.6. The lowest BCUT2D eigenvalue weighted by atomic mass is 10.1. The van der Waals surface area contributed by atoms with Crippen molar-refractivity contribution in [3.8, 4) is 0 Å². The van der Waals surface area contributed by atoms with Gasteiger partial charge in [-0.1, -0.05) is 0 Å². The zero-order valence-corrected chi connectivity index (χ0v) is 11.8. The molecule has 0 spiro atoms. The van der Waals surface area contributed by atoms with Crippen LogP contribution in [0.25, 0.3) is 0 Å². The second-order valence-corrected chi connectivity index (χ2v) is 4.84. The molecule has 20 heavy (non-hydrogen) atoms. The first-order chi connectivity index (χ1) is 9.58. The van der Waals surface area contributed by atoms with Crippen LogP contribution in [0.2, 0.25) is 0 Å². The standard InChI is InChI=1S/C14H19N3O3/c1-3-15-13-8-7-11(17(19)20)9-12(13)14(18)16(4-2)10-5-6-10/h7-10,15H,3-6H2,1-2H3. The summed E-state index contributed by atoms with van der Waals surface area (Å²) in [6, 6.07) is 4.68. The van der Waals surface area contributed by atoms with Gasteiger partial charge in [-0.05, 0) is 32.8 Å². The maximum atomic E-state index is 12.6. The topological polar surface area (TPSA) is 75.5 Å². The number of nitrogens with one attached hydrogen (secondary N) is 1. The first kappa shape index (κ1) is 14.3. The van der Waals surface area contributed by atoms with Gasteiger partial charge < -0.3 is 10.2 Å². The molecule has 1 aliphatic rings. The molecule has 1 aromatic rings. The second-order valence-electron chi connectivity index (χ2n) is 4.84. The monoisotopic (exact) mass is 277 g/mol. The molecule has 1 amide bonds. The highest BCUT2D eigenvalue weighted by Crippen LogP contribution is 2.30. The van der Waals surface area contributed by atoms with Crippen LogP contribution in [0.15, 0.2) is 18.2 Å². The summed E-state index contributed by atoms with van der Waals surface area (Å²) in [5.41, 5.74) is 0.985. The SMILES string of the molecule is CCNc1ccc([N+](=O)[O-])cc1C(=O)N(CC)C1CC1. The number of amides is 1. The predicted octanol–water partition coefficient (Wildman–Crippen LogP) is 2.65. The van der Waals surface area contributed by atoms with Crippen molar-refractivity contribution in [2.24, 2.45) is 0 Å². The van der Waals surface area contributed by atoms with Crippen LogP contribution in [0.1, 0.15) is 37.0 Å². The molecular weight excluding hydrogens is 258 g/mol. The van der Waals surface area contributed by atoms with Crippen molar-refractivity contribution in [3.05, 3.63) is 33.9 Å². The van der Waals surface area contributed by atoms with Gasteiger partial charge in [-0.3, -0.25) is 14.9 Å². The van der Waals surface area contributed by atoms with Gasteiger partial charge in [-0.2, -0.15) is 0 Å². The third-order valence-corrected chi connectivity index (χ3v) is 3.40. The van der Waals surface area contributed by atoms with Gasteiger partial charge in [0.2, 0.25) is 0 Å². The molecule has 0 aromatic heterocycles. The summed E-state index contributed by atoms with van der Waals surface area (Å²) in [5, 5.41) is 14.0. The highest BCUT2D eigenvalue weighted by molar-refractivity contribution is 6.00. The van der Waals surface area contributed by atoms with Crippen molar-refractivity contribution in [3.63, 3.8) is 0 Å². The molecule has 0 heterocycles. The molecule has 1 aromatic carbocycles. The highest BCUT2D eigenvalue weighted by Gasteiger charge is 2.33. The fourth-order valence-electron chi connectivity index (χ4n) is 2.28. The number of carbonyl (C=O) groups excluding carboxylic acids is 1. The largest absolute Gasteiger partial charge is 0.385 e. The minimum absolute atomic E-state index is 0.0538. The molecule has 0 radical (unpaired) electrons. The lowest BCUT2D eigenvalue weighted by Gasteiger charge is -2.22. The molecule has 0 atom stereocenters. The van der Waals surface area contributed by atoms with E-state index in [1.165, 1.54) is 12.1 Å². The van der Waals surface area contributed by atoms with Gasteiger partial charge in [0.25, 0.3) is 11.6 Å². The van der Waals surface area contributed by atoms with Crippen LogP contribution in [-0.2, 0) is 0 Å². The maximum Gasteiger partial charge on any atom is 0.270 e. The van der Waals surface area contributed by atoms with E-state index in [9.17, 15) is 14.9 Å². The third-order valence-electron chi connectivity index (χ3n) is 3.40. The zero-order chi connectivity index (χ0) is 14.7. The number of hydrogen-bond acceptors (Lipinski definition) is 4. The molecule has 0 aliphatic heterocycles. The average molecular weight is 277 g/mol. The van der Waals surface area contributed by atoms with Gasteiger partial charge in [0.1, 0.15) is 0 Å². The van der Waals surface area contributed by atoms with E-state index in [1.807, 2.05) is 13.8 Å². The van der Waals surface area contributed by atoms with E-state index < -0.39 is 4.92 Å². The van der Waals surface area contributed by atoms with E-state index in [0.717, 1.165) is 12.8 Å². The van der Waals surface area contributed by atoms with E-state index in [0.29, 0.717) is 30.4 Å². The third kappa shape index (κ3) is 2.89. The average Bonchev–Trinajstić information content (AvgIpc) is 3.24. The molecule has 1 fully saturated rings. The van der Waals surface area contributed by atoms with Crippen molar-refractivity contribution >= 4 is 17.3 Å². The number of nitro groups is 1. The smallest absolute Gasteiger partial charge is 0.270 e. The molecular formula is C14H19N3O3. The zero-order valence-electron chi connectivity index (χ0n) is 11.8. The van der Waals surface area contributed by atoms with Crippen LogP contribution < -0.4 is 5.32 Å². The van der Waals surface area contributed by atoms with E-state index >= 15 is 0 Å². The van der Waals surface area contributed by atoms with Crippen LogP contribution in [0.3, 0.4) is 0 Å². The molecule has 1 saturated carbocycles. The fourth-order valence-corrected chi connectivity index (χ4v) is 2.28. The van der Waals surface area contributed by atoms with Crippen LogP contribution in [0.5, 0.6) is 0 Å². The minimum atomic E-state index is -0.472. The van der Waals surface area contributed by atoms with Crippen molar-refractivity contribution in [1.82, 2.24) is 4.90 Å². The summed E-state index contributed by atoms with van der Waals surface area (Å²) >= 11 is 0. The summed E-state index contributed by atoms with van der Waals surface area (Å²) < 4.78 is 0. The Balaban J connectivity index is 2.37. The molecule has 0 unspecified atom stereocenters. The second kappa shape index (κ2) is 5.90. The van der Waals surface area contributed by atoms with Crippen LogP contribution in [-0.4, -0.2) is 34.9 Å². The number of carbonyl (C=O) groups is 1. The van der Waals surface area contributed by atoms with Gasteiger partial charge in [0.05, 0.1) is 10.5 Å². The number of nitro benzene ring substituents is 1. The Morgan fingerprint density at radius 3 is 2.65 bits per heavy atom. The molecule has 1 N–H and O–H groups in total. The summed E-state index contributed by atoms with van der Waals surface area (Å²) in [6.45, 7) is 5.14. The van der Waals surface area contributed by atoms with Crippen molar-refractivity contribution in [2.45, 2.75) is 32.7 Å². The normalized spacial score (nSPS) is 13.9. The Morgan fingerprint density at radius 2 is 2.15 bits per heavy atom. The first-order valence-corrected chi connectivity index (χ1v) is 6.91. The van der Waals surface area contributed by atoms with Crippen molar-refractivity contribution in [2.75, 3.05) is 18.4 Å². The van der Waals surface area contributed by atoms with Gasteiger partial charge in [-0.25, -0.2) is 0 Å². The molecule has 2 rings (SSSR count). The number of hydrogen-bond donors (Lipinski definition) is 1. The molecule has 1 aliphatic carbocycles. The van der Waals surface area contributed by atoms with Gasteiger partial charge in [-0.15, -0.1) is 0 Å². The van der Waals surface area contributed by atoms with Crippen LogP contribution in [0, 0.1) is 10.1 Å². The summed E-state index contributed by atoms with van der Waals surface area (Å²) in [5.74, 6) is -0.130. The molecule has 6 nitrogen and oxygen atoms in total. The van der Waals surface area contributed by atoms with Gasteiger partial charge in [0.15, 0.2) is 0 Å². The minimum Gasteiger partial charge on any atom is -0.385 e. The van der Waals surface area contributed by atoms with Gasteiger partial charge in [0, 0.05) is 37.0 Å². The molecule has 6 heteroatoms. The quantitative estimate of drug-likeness (QED) is 0.640. The Hall–Kier alpha value is -2.11. The molecule has 0 bridgehead atoms. The summed E-state index contributed by atoms with van der Waals surface area (Å²) in [6.07, 6.45) is 2.04. The lowest BCUT2D eigenvalue weighted by Crippen LogP contribution is -2.33. The number of benzene rings is 1. The summed E-state index contributed by atoms with van der Waals surface area (Å²) in [4.78, 5) is 24.8. The Bertz CT molecular complexity index is 526. The molecule has 108 valence electrons. The van der Waals surface area contributed by atoms with E-state index in [4.69, 9.17) is 0 Å². The Labute approximate surface area is 117 Å². The van der Waals surface area contributed by atoms with E-state index in [2.05, 4.69) is 5.32 Å². The number of rotatable bonds is 6. The molecule has 0 saturated heterocycles. The Kier molecular flexibility index (Phi) is 4.22. The van der Waals surface area contributed by atoms with E-state index in [-0.39, 0.29) is 11.6 Å². The number of non-ortho nitro benzene ring substituents is 1. The Morgan fingerprint density at radius 1 is 1.45 bits per heavy atom. The lowest BCUT2D eigenvalue weighted by molar-refractivity contribution is -0.384. The van der Waals surface area contributed by atoms with Crippen molar-refractivity contribution < 1.29 is 9.72 Å². The number of nitrogens with zero attached hydrogens (tertiary/aromatic N) is 2. The maximum absolute atomic E-state index is 12.6. The van der Waals surface area contributed by atoms with Crippen LogP contribution >= 0.6 is 0 Å². The summed E-state index contributed by atoms with van der Waals surface area (Å²) in [7, 11) is 0. The first-order valence-electron chi connectivity index (χ1n) is 6.91. The predicted molar refractivity (Wildman–Crippen MR) is 77.0 cm³/mol. The van der Waals surface area contributed by atoms with Gasteiger partial charge >= 0.3 is 0 Å². The van der Waals surface area contributed by atoms with E-state index in [1.54, 1.807) is 11.0 Å².